The molecule has 2 amide bonds. The van der Waals surface area contributed by atoms with Gasteiger partial charge in [0.2, 0.25) is 5.91 Å². The van der Waals surface area contributed by atoms with Gasteiger partial charge in [-0.3, -0.25) is 14.5 Å². The quantitative estimate of drug-likeness (QED) is 0.707. The summed E-state index contributed by atoms with van der Waals surface area (Å²) in [5.41, 5.74) is 2.46. The Morgan fingerprint density at radius 3 is 2.46 bits per heavy atom. The smallest absolute Gasteiger partial charge is 0.259 e. The van der Waals surface area contributed by atoms with E-state index in [0.717, 1.165) is 34.2 Å². The molecule has 0 aliphatic carbocycles. The van der Waals surface area contributed by atoms with Crippen molar-refractivity contribution in [2.75, 3.05) is 18.6 Å². The number of benzene rings is 3. The maximum Gasteiger partial charge on any atom is 0.259 e. The highest BCUT2D eigenvalue weighted by Crippen LogP contribution is 2.36. The van der Waals surface area contributed by atoms with Crippen LogP contribution >= 0.6 is 0 Å². The van der Waals surface area contributed by atoms with Gasteiger partial charge in [0.1, 0.15) is 12.3 Å². The molecule has 0 fully saturated rings. The van der Waals surface area contributed by atoms with Crippen molar-refractivity contribution in [3.8, 4) is 5.75 Å². The molecule has 0 radical (unpaired) electrons. The first kappa shape index (κ1) is 18.0. The number of nitrogens with one attached hydrogen (secondary N) is 1. The number of anilines is 1. The summed E-state index contributed by atoms with van der Waals surface area (Å²) in [6, 6.07) is 19.0. The van der Waals surface area contributed by atoms with E-state index in [4.69, 9.17) is 4.74 Å². The summed E-state index contributed by atoms with van der Waals surface area (Å²) in [5, 5.41) is 4.98. The Kier molecular flexibility index (Phi) is 4.74. The van der Waals surface area contributed by atoms with Crippen LogP contribution in [0.4, 0.5) is 5.69 Å². The SMILES string of the molecule is CCC(NC(=O)CN1C(=O)c2cccc3cccc1c23)c1ccc(OC)cc1. The van der Waals surface area contributed by atoms with Crippen LogP contribution < -0.4 is 15.0 Å². The van der Waals surface area contributed by atoms with Crippen molar-refractivity contribution in [2.45, 2.75) is 19.4 Å². The Balaban J connectivity index is 1.52. The summed E-state index contributed by atoms with van der Waals surface area (Å²) in [7, 11) is 1.62. The van der Waals surface area contributed by atoms with Gasteiger partial charge in [-0.2, -0.15) is 0 Å². The van der Waals surface area contributed by atoms with Crippen LogP contribution in [0.3, 0.4) is 0 Å². The zero-order valence-electron chi connectivity index (χ0n) is 15.9. The number of carbonyl (C=O) groups excluding carboxylic acids is 2. The van der Waals surface area contributed by atoms with Crippen LogP contribution in [0, 0.1) is 0 Å². The van der Waals surface area contributed by atoms with Crippen molar-refractivity contribution >= 4 is 28.3 Å². The minimum absolute atomic E-state index is 0.000713. The standard InChI is InChI=1S/C23H22N2O3/c1-3-19(15-10-12-17(28-2)13-11-15)24-21(26)14-25-20-9-5-7-16-6-4-8-18(22(16)20)23(25)27/h4-13,19H,3,14H2,1-2H3,(H,24,26). The van der Waals surface area contributed by atoms with Gasteiger partial charge in [-0.1, -0.05) is 43.3 Å². The van der Waals surface area contributed by atoms with Crippen LogP contribution in [-0.2, 0) is 4.79 Å². The molecule has 1 heterocycles. The molecule has 0 saturated carbocycles. The Hall–Kier alpha value is -3.34. The topological polar surface area (TPSA) is 58.6 Å². The third kappa shape index (κ3) is 3.09. The van der Waals surface area contributed by atoms with Crippen LogP contribution in [0.5, 0.6) is 5.75 Å². The van der Waals surface area contributed by atoms with Crippen molar-refractivity contribution in [3.05, 3.63) is 71.8 Å². The van der Waals surface area contributed by atoms with Gasteiger partial charge in [0, 0.05) is 10.9 Å². The predicted octanol–water partition coefficient (Wildman–Crippen LogP) is 4.08. The number of hydrogen-bond donors (Lipinski definition) is 1. The number of nitrogens with zero attached hydrogens (tertiary/aromatic N) is 1. The summed E-state index contributed by atoms with van der Waals surface area (Å²) in [5.74, 6) is 0.471. The van der Waals surface area contributed by atoms with Crippen LogP contribution in [0.15, 0.2) is 60.7 Å². The summed E-state index contributed by atoms with van der Waals surface area (Å²) >= 11 is 0. The largest absolute Gasteiger partial charge is 0.497 e. The molecule has 0 spiro atoms. The number of carbonyl (C=O) groups is 2. The van der Waals surface area contributed by atoms with Crippen molar-refractivity contribution < 1.29 is 14.3 Å². The van der Waals surface area contributed by atoms with Crippen molar-refractivity contribution in [2.24, 2.45) is 0 Å². The lowest BCUT2D eigenvalue weighted by Crippen LogP contribution is -2.40. The Morgan fingerprint density at radius 1 is 1.07 bits per heavy atom. The van der Waals surface area contributed by atoms with Crippen molar-refractivity contribution in [1.29, 1.82) is 0 Å². The van der Waals surface area contributed by atoms with Crippen LogP contribution in [0.25, 0.3) is 10.8 Å². The van der Waals surface area contributed by atoms with Crippen LogP contribution in [0.2, 0.25) is 0 Å². The molecule has 3 aromatic carbocycles. The zero-order valence-corrected chi connectivity index (χ0v) is 15.9. The molecule has 5 heteroatoms. The lowest BCUT2D eigenvalue weighted by Gasteiger charge is -2.21. The summed E-state index contributed by atoms with van der Waals surface area (Å²) < 4.78 is 5.19. The van der Waals surface area contributed by atoms with Crippen LogP contribution in [-0.4, -0.2) is 25.5 Å². The van der Waals surface area contributed by atoms with Gasteiger partial charge >= 0.3 is 0 Å². The molecule has 1 aliphatic heterocycles. The average Bonchev–Trinajstić information content (AvgIpc) is 3.00. The molecule has 3 aromatic rings. The first-order chi connectivity index (χ1) is 13.6. The van der Waals surface area contributed by atoms with E-state index < -0.39 is 0 Å². The van der Waals surface area contributed by atoms with Gasteiger partial charge in [0.05, 0.1) is 18.8 Å². The minimum atomic E-state index is -0.180. The summed E-state index contributed by atoms with van der Waals surface area (Å²) in [6.45, 7) is 2.02. The Labute approximate surface area is 163 Å². The molecule has 1 unspecified atom stereocenters. The fourth-order valence-electron chi connectivity index (χ4n) is 3.78. The lowest BCUT2D eigenvalue weighted by atomic mass is 10.0. The van der Waals surface area contributed by atoms with Gasteiger partial charge in [0.15, 0.2) is 0 Å². The normalized spacial score (nSPS) is 13.6. The van der Waals surface area contributed by atoms with E-state index >= 15 is 0 Å². The molecule has 28 heavy (non-hydrogen) atoms. The molecule has 1 aliphatic rings. The Morgan fingerprint density at radius 2 is 1.79 bits per heavy atom. The van der Waals surface area contributed by atoms with E-state index in [1.54, 1.807) is 12.0 Å². The predicted molar refractivity (Wildman–Crippen MR) is 110 cm³/mol. The fourth-order valence-corrected chi connectivity index (χ4v) is 3.78. The molecular weight excluding hydrogens is 352 g/mol. The Bertz CT molecular complexity index is 1040. The van der Waals surface area contributed by atoms with E-state index in [0.29, 0.717) is 5.56 Å². The summed E-state index contributed by atoms with van der Waals surface area (Å²) in [6.07, 6.45) is 0.752. The highest BCUT2D eigenvalue weighted by molar-refractivity contribution is 6.26. The molecular formula is C23H22N2O3. The van der Waals surface area contributed by atoms with E-state index in [1.165, 1.54) is 0 Å². The number of rotatable bonds is 6. The second-order valence-corrected chi connectivity index (χ2v) is 6.87. The number of ether oxygens (including phenoxy) is 1. The van der Waals surface area contributed by atoms with E-state index in [2.05, 4.69) is 5.32 Å². The lowest BCUT2D eigenvalue weighted by molar-refractivity contribution is -0.120. The van der Waals surface area contributed by atoms with Crippen molar-refractivity contribution in [3.63, 3.8) is 0 Å². The van der Waals surface area contributed by atoms with Gasteiger partial charge < -0.3 is 10.1 Å². The molecule has 4 rings (SSSR count). The minimum Gasteiger partial charge on any atom is -0.497 e. The highest BCUT2D eigenvalue weighted by Gasteiger charge is 2.31. The molecule has 1 atom stereocenters. The number of methoxy groups -OCH3 is 1. The number of hydrogen-bond acceptors (Lipinski definition) is 3. The molecule has 142 valence electrons. The molecule has 1 N–H and O–H groups in total. The first-order valence-electron chi connectivity index (χ1n) is 9.39. The van der Waals surface area contributed by atoms with Crippen molar-refractivity contribution in [1.82, 2.24) is 5.32 Å². The van der Waals surface area contributed by atoms with Gasteiger partial charge in [-0.05, 0) is 41.6 Å². The van der Waals surface area contributed by atoms with Gasteiger partial charge in [-0.25, -0.2) is 0 Å². The summed E-state index contributed by atoms with van der Waals surface area (Å²) in [4.78, 5) is 27.2. The fraction of sp³-hybridized carbons (Fsp3) is 0.217. The van der Waals surface area contributed by atoms with Crippen LogP contribution in [0.1, 0.15) is 35.3 Å². The molecule has 5 nitrogen and oxygen atoms in total. The first-order valence-corrected chi connectivity index (χ1v) is 9.39. The zero-order chi connectivity index (χ0) is 19.7. The van der Waals surface area contributed by atoms with E-state index in [1.807, 2.05) is 67.6 Å². The van der Waals surface area contributed by atoms with Gasteiger partial charge in [-0.15, -0.1) is 0 Å². The highest BCUT2D eigenvalue weighted by atomic mass is 16.5. The molecule has 0 saturated heterocycles. The second kappa shape index (κ2) is 7.35. The third-order valence-electron chi connectivity index (χ3n) is 5.21. The third-order valence-corrected chi connectivity index (χ3v) is 5.21. The average molecular weight is 374 g/mol. The molecule has 0 aromatic heterocycles. The number of amides is 2. The second-order valence-electron chi connectivity index (χ2n) is 6.87. The van der Waals surface area contributed by atoms with E-state index in [-0.39, 0.29) is 24.4 Å². The van der Waals surface area contributed by atoms with E-state index in [9.17, 15) is 9.59 Å². The maximum absolute atomic E-state index is 12.8. The molecule has 0 bridgehead atoms. The monoisotopic (exact) mass is 374 g/mol. The maximum atomic E-state index is 12.8. The van der Waals surface area contributed by atoms with Gasteiger partial charge in [0.25, 0.3) is 5.91 Å².